The molecule has 9 heteroatoms. The van der Waals surface area contributed by atoms with E-state index in [9.17, 15) is 13.2 Å². The highest BCUT2D eigenvalue weighted by Gasteiger charge is 2.23. The topological polar surface area (TPSA) is 78.8 Å². The van der Waals surface area contributed by atoms with Crippen LogP contribution in [0.5, 0.6) is 0 Å². The molecule has 1 aromatic heterocycles. The van der Waals surface area contributed by atoms with Crippen LogP contribution in [0.4, 0.5) is 5.69 Å². The Morgan fingerprint density at radius 3 is 2.40 bits per heavy atom. The van der Waals surface area contributed by atoms with E-state index in [0.717, 1.165) is 43.8 Å². The van der Waals surface area contributed by atoms with E-state index >= 15 is 0 Å². The molecule has 8 nitrogen and oxygen atoms in total. The highest BCUT2D eigenvalue weighted by atomic mass is 32.2. The van der Waals surface area contributed by atoms with E-state index in [2.05, 4.69) is 28.5 Å². The normalized spacial score (nSPS) is 14.7. The molecule has 3 aromatic rings. The van der Waals surface area contributed by atoms with Crippen LogP contribution in [0.25, 0.3) is 11.0 Å². The van der Waals surface area contributed by atoms with E-state index in [1.54, 1.807) is 12.1 Å². The number of carbonyl (C=O) groups excluding carboxylic acids is 1. The Bertz CT molecular complexity index is 1260. The molecule has 0 spiro atoms. The first-order chi connectivity index (χ1) is 16.8. The number of rotatable bonds is 9. The van der Waals surface area contributed by atoms with Gasteiger partial charge in [-0.15, -0.1) is 0 Å². The van der Waals surface area contributed by atoms with Crippen molar-refractivity contribution in [1.29, 1.82) is 0 Å². The second-order valence-corrected chi connectivity index (χ2v) is 11.3. The quantitative estimate of drug-likeness (QED) is 0.453. The molecule has 35 heavy (non-hydrogen) atoms. The second-order valence-electron chi connectivity index (χ2n) is 9.17. The number of sulfonamides is 1. The predicted octanol–water partition coefficient (Wildman–Crippen LogP) is 3.37. The van der Waals surface area contributed by atoms with Crippen LogP contribution < -0.4 is 4.90 Å². The number of hydrogen-bond acceptors (Lipinski definition) is 5. The van der Waals surface area contributed by atoms with Crippen molar-refractivity contribution in [3.05, 3.63) is 54.4 Å². The van der Waals surface area contributed by atoms with Crippen LogP contribution in [0.15, 0.2) is 53.4 Å². The van der Waals surface area contributed by atoms with Gasteiger partial charge in [0, 0.05) is 65.3 Å². The van der Waals surface area contributed by atoms with Crippen molar-refractivity contribution in [3.8, 4) is 0 Å². The SMILES string of the molecule is CCCCn1c(CCC(=O)N2CCN(c3ccccc3)CC2)nc2cc(S(=O)(=O)N(C)C)ccc21. The lowest BCUT2D eigenvalue weighted by molar-refractivity contribution is -0.131. The third-order valence-electron chi connectivity index (χ3n) is 6.63. The monoisotopic (exact) mass is 497 g/mol. The zero-order valence-electron chi connectivity index (χ0n) is 20.9. The van der Waals surface area contributed by atoms with Crippen LogP contribution in [0.1, 0.15) is 32.0 Å². The Morgan fingerprint density at radius 1 is 1.03 bits per heavy atom. The van der Waals surface area contributed by atoms with E-state index in [0.29, 0.717) is 31.4 Å². The summed E-state index contributed by atoms with van der Waals surface area (Å²) in [6.45, 7) is 6.02. The maximum atomic E-state index is 13.0. The van der Waals surface area contributed by atoms with Crippen LogP contribution in [0.3, 0.4) is 0 Å². The molecular weight excluding hydrogens is 462 g/mol. The molecule has 0 unspecified atom stereocenters. The van der Waals surface area contributed by atoms with Crippen molar-refractivity contribution >= 4 is 32.7 Å². The summed E-state index contributed by atoms with van der Waals surface area (Å²) in [5, 5.41) is 0. The Kier molecular flexibility index (Phi) is 7.76. The minimum atomic E-state index is -3.53. The lowest BCUT2D eigenvalue weighted by atomic mass is 10.2. The fraction of sp³-hybridized carbons (Fsp3) is 0.462. The first-order valence-corrected chi connectivity index (χ1v) is 13.7. The van der Waals surface area contributed by atoms with Gasteiger partial charge in [-0.2, -0.15) is 0 Å². The fourth-order valence-corrected chi connectivity index (χ4v) is 5.44. The summed E-state index contributed by atoms with van der Waals surface area (Å²) < 4.78 is 28.5. The molecular formula is C26H35N5O3S. The van der Waals surface area contributed by atoms with Crippen molar-refractivity contribution in [3.63, 3.8) is 0 Å². The number of amides is 1. The fourth-order valence-electron chi connectivity index (χ4n) is 4.52. The van der Waals surface area contributed by atoms with Crippen molar-refractivity contribution in [1.82, 2.24) is 18.8 Å². The average Bonchev–Trinajstić information content (AvgIpc) is 3.23. The lowest BCUT2D eigenvalue weighted by Gasteiger charge is -2.36. The standard InChI is InChI=1S/C26H35N5O3S/c1-4-5-15-31-24-12-11-22(35(33,34)28(2)3)20-23(24)27-25(31)13-14-26(32)30-18-16-29(17-19-30)21-9-7-6-8-10-21/h6-12,20H,4-5,13-19H2,1-3H3. The molecule has 0 aliphatic carbocycles. The molecule has 1 aliphatic rings. The summed E-state index contributed by atoms with van der Waals surface area (Å²) in [5.41, 5.74) is 2.76. The number of hydrogen-bond donors (Lipinski definition) is 0. The van der Waals surface area contributed by atoms with Gasteiger partial charge in [-0.1, -0.05) is 31.5 Å². The number of para-hydroxylation sites is 1. The molecule has 1 amide bonds. The lowest BCUT2D eigenvalue weighted by Crippen LogP contribution is -2.48. The summed E-state index contributed by atoms with van der Waals surface area (Å²) in [6, 6.07) is 15.4. The summed E-state index contributed by atoms with van der Waals surface area (Å²) in [7, 11) is -0.487. The van der Waals surface area contributed by atoms with Gasteiger partial charge in [0.05, 0.1) is 15.9 Å². The van der Waals surface area contributed by atoms with E-state index in [1.807, 2.05) is 29.2 Å². The Morgan fingerprint density at radius 2 is 1.74 bits per heavy atom. The second kappa shape index (κ2) is 10.8. The first kappa shape index (κ1) is 25.2. The van der Waals surface area contributed by atoms with E-state index in [-0.39, 0.29) is 10.8 Å². The first-order valence-electron chi connectivity index (χ1n) is 12.3. The van der Waals surface area contributed by atoms with Gasteiger partial charge < -0.3 is 14.4 Å². The van der Waals surface area contributed by atoms with Gasteiger partial charge in [0.25, 0.3) is 0 Å². The molecule has 0 bridgehead atoms. The van der Waals surface area contributed by atoms with Gasteiger partial charge >= 0.3 is 0 Å². The number of fused-ring (bicyclic) bond motifs is 1. The van der Waals surface area contributed by atoms with Gasteiger partial charge in [-0.3, -0.25) is 4.79 Å². The number of piperazine rings is 1. The zero-order chi connectivity index (χ0) is 25.0. The van der Waals surface area contributed by atoms with Crippen molar-refractivity contribution in [2.75, 3.05) is 45.2 Å². The van der Waals surface area contributed by atoms with Crippen LogP contribution in [0.2, 0.25) is 0 Å². The van der Waals surface area contributed by atoms with E-state index in [1.165, 1.54) is 24.1 Å². The Balaban J connectivity index is 1.46. The summed E-state index contributed by atoms with van der Waals surface area (Å²) in [6.07, 6.45) is 2.96. The van der Waals surface area contributed by atoms with Crippen molar-refractivity contribution < 1.29 is 13.2 Å². The number of anilines is 1. The summed E-state index contributed by atoms with van der Waals surface area (Å²) in [4.78, 5) is 22.3. The molecule has 0 radical (unpaired) electrons. The molecule has 2 aromatic carbocycles. The minimum absolute atomic E-state index is 0.141. The number of imidazole rings is 1. The zero-order valence-corrected chi connectivity index (χ0v) is 21.7. The largest absolute Gasteiger partial charge is 0.368 e. The summed E-state index contributed by atoms with van der Waals surface area (Å²) in [5.74, 6) is 0.979. The van der Waals surface area contributed by atoms with Crippen molar-refractivity contribution in [2.24, 2.45) is 0 Å². The molecule has 188 valence electrons. The van der Waals surface area contributed by atoms with Crippen LogP contribution in [-0.4, -0.2) is 73.4 Å². The Hall–Kier alpha value is -2.91. The number of benzene rings is 2. The molecule has 1 saturated heterocycles. The molecule has 1 fully saturated rings. The maximum absolute atomic E-state index is 13.0. The van der Waals surface area contributed by atoms with Gasteiger partial charge in [0.1, 0.15) is 5.82 Å². The number of carbonyl (C=O) groups is 1. The average molecular weight is 498 g/mol. The van der Waals surface area contributed by atoms with Crippen LogP contribution >= 0.6 is 0 Å². The van der Waals surface area contributed by atoms with Crippen LogP contribution in [-0.2, 0) is 27.8 Å². The van der Waals surface area contributed by atoms with E-state index < -0.39 is 10.0 Å². The number of nitrogens with zero attached hydrogens (tertiary/aromatic N) is 5. The molecule has 4 rings (SSSR count). The Labute approximate surface area is 208 Å². The maximum Gasteiger partial charge on any atom is 0.242 e. The minimum Gasteiger partial charge on any atom is -0.368 e. The van der Waals surface area contributed by atoms with E-state index in [4.69, 9.17) is 4.98 Å². The molecule has 1 aliphatic heterocycles. The van der Waals surface area contributed by atoms with Gasteiger partial charge in [0.2, 0.25) is 15.9 Å². The van der Waals surface area contributed by atoms with Gasteiger partial charge in [-0.25, -0.2) is 17.7 Å². The molecule has 0 N–H and O–H groups in total. The summed E-state index contributed by atoms with van der Waals surface area (Å²) >= 11 is 0. The van der Waals surface area contributed by atoms with Gasteiger partial charge in [0.15, 0.2) is 0 Å². The third kappa shape index (κ3) is 5.51. The highest BCUT2D eigenvalue weighted by Crippen LogP contribution is 2.24. The van der Waals surface area contributed by atoms with Gasteiger partial charge in [-0.05, 0) is 36.8 Å². The van der Waals surface area contributed by atoms with Crippen molar-refractivity contribution in [2.45, 2.75) is 44.0 Å². The molecule has 0 saturated carbocycles. The predicted molar refractivity (Wildman–Crippen MR) is 139 cm³/mol. The highest BCUT2D eigenvalue weighted by molar-refractivity contribution is 7.89. The number of aromatic nitrogens is 2. The third-order valence-corrected chi connectivity index (χ3v) is 8.44. The van der Waals surface area contributed by atoms with Crippen LogP contribution in [0, 0.1) is 0 Å². The number of unbranched alkanes of at least 4 members (excludes halogenated alkanes) is 1. The molecule has 2 heterocycles. The number of aryl methyl sites for hydroxylation is 2. The smallest absolute Gasteiger partial charge is 0.242 e. The molecule has 0 atom stereocenters.